The second-order valence-corrected chi connectivity index (χ2v) is 6.53. The Labute approximate surface area is 148 Å². The third-order valence-corrected chi connectivity index (χ3v) is 3.90. The van der Waals surface area contributed by atoms with Crippen molar-refractivity contribution in [3.63, 3.8) is 0 Å². The number of nitrogens with one attached hydrogen (secondary N) is 2. The van der Waals surface area contributed by atoms with Crippen molar-refractivity contribution in [3.05, 3.63) is 47.2 Å². The number of benzene rings is 1. The SMILES string of the molecule is CCCc1cc(NC(=O)c2ccc(CN(C)C(=O)C(C)C)cc2)n[nH]1. The van der Waals surface area contributed by atoms with Crippen molar-refractivity contribution in [2.45, 2.75) is 40.2 Å². The summed E-state index contributed by atoms with van der Waals surface area (Å²) in [6.45, 7) is 6.38. The van der Waals surface area contributed by atoms with E-state index < -0.39 is 0 Å². The van der Waals surface area contributed by atoms with Crippen LogP contribution in [0.3, 0.4) is 0 Å². The van der Waals surface area contributed by atoms with Crippen molar-refractivity contribution < 1.29 is 9.59 Å². The predicted octanol–water partition coefficient (Wildman–Crippen LogP) is 3.23. The van der Waals surface area contributed by atoms with Crippen LogP contribution in [0.5, 0.6) is 0 Å². The van der Waals surface area contributed by atoms with Crippen LogP contribution in [0.25, 0.3) is 0 Å². The Morgan fingerprint density at radius 1 is 1.24 bits per heavy atom. The minimum Gasteiger partial charge on any atom is -0.341 e. The molecule has 0 aliphatic rings. The third kappa shape index (κ3) is 5.17. The number of carbonyl (C=O) groups excluding carboxylic acids is 2. The topological polar surface area (TPSA) is 78.1 Å². The minimum absolute atomic E-state index is 0.0264. The molecule has 0 aliphatic carbocycles. The zero-order valence-electron chi connectivity index (χ0n) is 15.3. The van der Waals surface area contributed by atoms with E-state index in [0.717, 1.165) is 24.1 Å². The van der Waals surface area contributed by atoms with Crippen LogP contribution in [0.4, 0.5) is 5.82 Å². The smallest absolute Gasteiger partial charge is 0.256 e. The Balaban J connectivity index is 1.96. The van der Waals surface area contributed by atoms with Crippen LogP contribution in [0.1, 0.15) is 48.8 Å². The summed E-state index contributed by atoms with van der Waals surface area (Å²) >= 11 is 0. The predicted molar refractivity (Wildman–Crippen MR) is 98.3 cm³/mol. The second kappa shape index (κ2) is 8.46. The van der Waals surface area contributed by atoms with Gasteiger partial charge in [-0.3, -0.25) is 14.7 Å². The van der Waals surface area contributed by atoms with Gasteiger partial charge in [-0.05, 0) is 24.1 Å². The van der Waals surface area contributed by atoms with Gasteiger partial charge in [0.15, 0.2) is 5.82 Å². The minimum atomic E-state index is -0.201. The van der Waals surface area contributed by atoms with Crippen molar-refractivity contribution in [1.29, 1.82) is 0 Å². The van der Waals surface area contributed by atoms with Gasteiger partial charge in [0.25, 0.3) is 5.91 Å². The van der Waals surface area contributed by atoms with Crippen LogP contribution < -0.4 is 5.32 Å². The lowest BCUT2D eigenvalue weighted by Crippen LogP contribution is -2.29. The highest BCUT2D eigenvalue weighted by Gasteiger charge is 2.14. The zero-order valence-corrected chi connectivity index (χ0v) is 15.3. The lowest BCUT2D eigenvalue weighted by atomic mass is 10.1. The normalized spacial score (nSPS) is 10.8. The molecule has 25 heavy (non-hydrogen) atoms. The lowest BCUT2D eigenvalue weighted by Gasteiger charge is -2.19. The number of amides is 2. The van der Waals surface area contributed by atoms with Gasteiger partial charge in [-0.1, -0.05) is 39.3 Å². The van der Waals surface area contributed by atoms with Gasteiger partial charge in [-0.2, -0.15) is 5.10 Å². The fourth-order valence-electron chi connectivity index (χ4n) is 2.57. The van der Waals surface area contributed by atoms with Gasteiger partial charge in [0, 0.05) is 36.8 Å². The molecule has 0 saturated heterocycles. The molecule has 2 N–H and O–H groups in total. The number of aromatic amines is 1. The number of H-pyrrole nitrogens is 1. The Hall–Kier alpha value is -2.63. The van der Waals surface area contributed by atoms with Crippen molar-refractivity contribution >= 4 is 17.6 Å². The number of hydrogen-bond acceptors (Lipinski definition) is 3. The van der Waals surface area contributed by atoms with Crippen molar-refractivity contribution in [2.75, 3.05) is 12.4 Å². The molecule has 2 rings (SSSR count). The Kier molecular flexibility index (Phi) is 6.33. The second-order valence-electron chi connectivity index (χ2n) is 6.53. The first kappa shape index (κ1) is 18.7. The first-order chi connectivity index (χ1) is 11.9. The molecule has 1 aromatic heterocycles. The fraction of sp³-hybridized carbons (Fsp3) is 0.421. The summed E-state index contributed by atoms with van der Waals surface area (Å²) in [6, 6.07) is 9.11. The summed E-state index contributed by atoms with van der Waals surface area (Å²) in [5.74, 6) is 0.400. The molecule has 0 fully saturated rings. The van der Waals surface area contributed by atoms with Crippen molar-refractivity contribution in [2.24, 2.45) is 5.92 Å². The molecule has 0 aliphatic heterocycles. The summed E-state index contributed by atoms with van der Waals surface area (Å²) in [4.78, 5) is 25.9. The molecule has 2 amide bonds. The molecule has 1 heterocycles. The number of carbonyl (C=O) groups is 2. The van der Waals surface area contributed by atoms with Crippen LogP contribution in [0.2, 0.25) is 0 Å². The monoisotopic (exact) mass is 342 g/mol. The number of hydrogen-bond donors (Lipinski definition) is 2. The van der Waals surface area contributed by atoms with Gasteiger partial charge >= 0.3 is 0 Å². The van der Waals surface area contributed by atoms with Crippen LogP contribution >= 0.6 is 0 Å². The Morgan fingerprint density at radius 2 is 1.92 bits per heavy atom. The summed E-state index contributed by atoms with van der Waals surface area (Å²) < 4.78 is 0. The van der Waals surface area contributed by atoms with Gasteiger partial charge in [-0.15, -0.1) is 0 Å². The van der Waals surface area contributed by atoms with E-state index in [-0.39, 0.29) is 17.7 Å². The van der Waals surface area contributed by atoms with Gasteiger partial charge in [0.05, 0.1) is 0 Å². The van der Waals surface area contributed by atoms with Crippen molar-refractivity contribution in [3.8, 4) is 0 Å². The number of aryl methyl sites for hydroxylation is 1. The molecular formula is C19H26N4O2. The standard InChI is InChI=1S/C19H26N4O2/c1-5-6-16-11-17(22-21-16)20-18(24)15-9-7-14(8-10-15)12-23(4)19(25)13(2)3/h7-11,13H,5-6,12H2,1-4H3,(H2,20,21,22,24). The van der Waals surface area contributed by atoms with E-state index in [0.29, 0.717) is 17.9 Å². The van der Waals surface area contributed by atoms with E-state index in [1.54, 1.807) is 24.1 Å². The third-order valence-electron chi connectivity index (χ3n) is 3.90. The van der Waals surface area contributed by atoms with Crippen LogP contribution in [0.15, 0.2) is 30.3 Å². The quantitative estimate of drug-likeness (QED) is 0.811. The molecule has 0 radical (unpaired) electrons. The van der Waals surface area contributed by atoms with Crippen LogP contribution in [-0.4, -0.2) is 34.0 Å². The summed E-state index contributed by atoms with van der Waals surface area (Å²) in [5.41, 5.74) is 2.55. The molecule has 134 valence electrons. The van der Waals surface area contributed by atoms with Crippen LogP contribution in [0, 0.1) is 5.92 Å². The van der Waals surface area contributed by atoms with Gasteiger partial charge in [0.1, 0.15) is 0 Å². The molecule has 0 unspecified atom stereocenters. The number of anilines is 1. The maximum absolute atomic E-state index is 12.3. The molecule has 1 aromatic carbocycles. The van der Waals surface area contributed by atoms with E-state index in [4.69, 9.17) is 0 Å². The molecular weight excluding hydrogens is 316 g/mol. The van der Waals surface area contributed by atoms with E-state index in [1.165, 1.54) is 0 Å². The van der Waals surface area contributed by atoms with Gasteiger partial charge in [0.2, 0.25) is 5.91 Å². The number of rotatable bonds is 7. The molecule has 0 spiro atoms. The average Bonchev–Trinajstić information content (AvgIpc) is 3.02. The zero-order chi connectivity index (χ0) is 18.4. The molecule has 6 nitrogen and oxygen atoms in total. The highest BCUT2D eigenvalue weighted by atomic mass is 16.2. The molecule has 6 heteroatoms. The van der Waals surface area contributed by atoms with E-state index >= 15 is 0 Å². The number of nitrogens with zero attached hydrogens (tertiary/aromatic N) is 2. The maximum atomic E-state index is 12.3. The first-order valence-electron chi connectivity index (χ1n) is 8.60. The maximum Gasteiger partial charge on any atom is 0.256 e. The lowest BCUT2D eigenvalue weighted by molar-refractivity contribution is -0.133. The molecule has 0 atom stereocenters. The van der Waals surface area contributed by atoms with E-state index in [1.807, 2.05) is 32.0 Å². The highest BCUT2D eigenvalue weighted by Crippen LogP contribution is 2.12. The van der Waals surface area contributed by atoms with E-state index in [9.17, 15) is 9.59 Å². The summed E-state index contributed by atoms with van der Waals surface area (Å²) in [5, 5.41) is 9.79. The van der Waals surface area contributed by atoms with Gasteiger partial charge < -0.3 is 10.2 Å². The average molecular weight is 342 g/mol. The van der Waals surface area contributed by atoms with Crippen LogP contribution in [-0.2, 0) is 17.8 Å². The molecule has 0 bridgehead atoms. The molecule has 0 saturated carbocycles. The first-order valence-corrected chi connectivity index (χ1v) is 8.60. The molecule has 2 aromatic rings. The van der Waals surface area contributed by atoms with E-state index in [2.05, 4.69) is 22.4 Å². The summed E-state index contributed by atoms with van der Waals surface area (Å²) in [7, 11) is 1.79. The largest absolute Gasteiger partial charge is 0.341 e. The Morgan fingerprint density at radius 3 is 2.52 bits per heavy atom. The van der Waals surface area contributed by atoms with Gasteiger partial charge in [-0.25, -0.2) is 0 Å². The Bertz CT molecular complexity index is 719. The highest BCUT2D eigenvalue weighted by molar-refractivity contribution is 6.03. The fourth-order valence-corrected chi connectivity index (χ4v) is 2.57. The van der Waals surface area contributed by atoms with Crippen molar-refractivity contribution in [1.82, 2.24) is 15.1 Å². The number of aromatic nitrogens is 2. The summed E-state index contributed by atoms with van der Waals surface area (Å²) in [6.07, 6.45) is 1.92.